The minimum absolute atomic E-state index is 0.110. The zero-order valence-corrected chi connectivity index (χ0v) is 9.14. The standard InChI is InChI=1S/C13H10FNO2/c1-8-6-9(2-3-12(8)14)10-4-5-15-7-11(10)13(16)17/h2-7H,1H3,(H,16,17). The van der Waals surface area contributed by atoms with E-state index in [1.54, 1.807) is 25.1 Å². The van der Waals surface area contributed by atoms with Crippen LogP contribution in [0.25, 0.3) is 11.1 Å². The molecule has 1 aromatic carbocycles. The van der Waals surface area contributed by atoms with E-state index in [0.29, 0.717) is 16.7 Å². The fourth-order valence-electron chi connectivity index (χ4n) is 1.63. The molecule has 0 aliphatic rings. The number of carboxylic acids is 1. The van der Waals surface area contributed by atoms with Crippen LogP contribution in [0.4, 0.5) is 4.39 Å². The molecule has 3 nitrogen and oxygen atoms in total. The number of aromatic carboxylic acids is 1. The second-order valence-corrected chi connectivity index (χ2v) is 3.69. The minimum atomic E-state index is -1.05. The maximum Gasteiger partial charge on any atom is 0.337 e. The molecule has 0 aliphatic heterocycles. The molecule has 1 N–H and O–H groups in total. The fraction of sp³-hybridized carbons (Fsp3) is 0.0769. The molecule has 2 rings (SSSR count). The van der Waals surface area contributed by atoms with Crippen LogP contribution in [0.2, 0.25) is 0 Å². The molecule has 1 aromatic heterocycles. The molecule has 0 amide bonds. The summed E-state index contributed by atoms with van der Waals surface area (Å²) in [5.41, 5.74) is 1.80. The highest BCUT2D eigenvalue weighted by molar-refractivity contribution is 5.95. The Balaban J connectivity index is 2.60. The molecule has 2 aromatic rings. The quantitative estimate of drug-likeness (QED) is 0.864. The van der Waals surface area contributed by atoms with Crippen molar-refractivity contribution >= 4 is 5.97 Å². The van der Waals surface area contributed by atoms with Gasteiger partial charge < -0.3 is 5.11 Å². The summed E-state index contributed by atoms with van der Waals surface area (Å²) in [5.74, 6) is -1.35. The van der Waals surface area contributed by atoms with Gasteiger partial charge in [-0.2, -0.15) is 0 Å². The average Bonchev–Trinajstić information content (AvgIpc) is 2.32. The van der Waals surface area contributed by atoms with Crippen molar-refractivity contribution in [3.63, 3.8) is 0 Å². The van der Waals surface area contributed by atoms with E-state index in [4.69, 9.17) is 5.11 Å². The number of pyridine rings is 1. The molecule has 0 fully saturated rings. The Morgan fingerprint density at radius 3 is 2.76 bits per heavy atom. The highest BCUT2D eigenvalue weighted by Gasteiger charge is 2.12. The third kappa shape index (κ3) is 2.15. The summed E-state index contributed by atoms with van der Waals surface area (Å²) in [4.78, 5) is 14.8. The maximum atomic E-state index is 13.1. The average molecular weight is 231 g/mol. The highest BCUT2D eigenvalue weighted by atomic mass is 19.1. The third-order valence-corrected chi connectivity index (χ3v) is 2.52. The summed E-state index contributed by atoms with van der Waals surface area (Å²) in [6.07, 6.45) is 2.80. The minimum Gasteiger partial charge on any atom is -0.478 e. The van der Waals surface area contributed by atoms with Crippen LogP contribution in [-0.2, 0) is 0 Å². The van der Waals surface area contributed by atoms with E-state index in [2.05, 4.69) is 4.98 Å². The first-order chi connectivity index (χ1) is 8.09. The van der Waals surface area contributed by atoms with E-state index < -0.39 is 5.97 Å². The summed E-state index contributed by atoms with van der Waals surface area (Å²) >= 11 is 0. The molecular weight excluding hydrogens is 221 g/mol. The molecule has 0 atom stereocenters. The van der Waals surface area contributed by atoms with Gasteiger partial charge in [0.25, 0.3) is 0 Å². The highest BCUT2D eigenvalue weighted by Crippen LogP contribution is 2.24. The first kappa shape index (κ1) is 11.3. The molecule has 86 valence electrons. The van der Waals surface area contributed by atoms with Gasteiger partial charge in [0.1, 0.15) is 5.82 Å². The van der Waals surface area contributed by atoms with E-state index in [1.807, 2.05) is 0 Å². The maximum absolute atomic E-state index is 13.1. The predicted molar refractivity (Wildman–Crippen MR) is 61.3 cm³/mol. The topological polar surface area (TPSA) is 50.2 Å². The Morgan fingerprint density at radius 2 is 2.12 bits per heavy atom. The van der Waals surface area contributed by atoms with Crippen LogP contribution < -0.4 is 0 Å². The number of aryl methyl sites for hydroxylation is 1. The summed E-state index contributed by atoms with van der Waals surface area (Å²) in [5, 5.41) is 9.04. The molecule has 0 unspecified atom stereocenters. The number of nitrogens with zero attached hydrogens (tertiary/aromatic N) is 1. The number of rotatable bonds is 2. The lowest BCUT2D eigenvalue weighted by Gasteiger charge is -2.06. The Labute approximate surface area is 97.6 Å². The molecule has 1 heterocycles. The van der Waals surface area contributed by atoms with Gasteiger partial charge in [-0.3, -0.25) is 4.98 Å². The lowest BCUT2D eigenvalue weighted by molar-refractivity contribution is 0.0697. The van der Waals surface area contributed by atoms with Crippen LogP contribution in [0.3, 0.4) is 0 Å². The van der Waals surface area contributed by atoms with Crippen LogP contribution in [-0.4, -0.2) is 16.1 Å². The zero-order valence-electron chi connectivity index (χ0n) is 9.14. The molecular formula is C13H10FNO2. The molecule has 0 aliphatic carbocycles. The summed E-state index contributed by atoms with van der Waals surface area (Å²) in [6, 6.07) is 6.12. The van der Waals surface area contributed by atoms with Gasteiger partial charge in [0, 0.05) is 12.4 Å². The van der Waals surface area contributed by atoms with Gasteiger partial charge in [0.05, 0.1) is 5.56 Å². The van der Waals surface area contributed by atoms with E-state index in [0.717, 1.165) is 0 Å². The number of halogens is 1. The van der Waals surface area contributed by atoms with Crippen molar-refractivity contribution in [2.24, 2.45) is 0 Å². The third-order valence-electron chi connectivity index (χ3n) is 2.52. The molecule has 0 radical (unpaired) electrons. The van der Waals surface area contributed by atoms with Crippen molar-refractivity contribution in [3.8, 4) is 11.1 Å². The van der Waals surface area contributed by atoms with Gasteiger partial charge in [-0.25, -0.2) is 9.18 Å². The Bertz CT molecular complexity index is 581. The number of aromatic nitrogens is 1. The monoisotopic (exact) mass is 231 g/mol. The van der Waals surface area contributed by atoms with E-state index in [1.165, 1.54) is 18.5 Å². The predicted octanol–water partition coefficient (Wildman–Crippen LogP) is 2.89. The van der Waals surface area contributed by atoms with Crippen molar-refractivity contribution in [1.82, 2.24) is 4.98 Å². The van der Waals surface area contributed by atoms with Crippen molar-refractivity contribution in [1.29, 1.82) is 0 Å². The normalized spacial score (nSPS) is 10.2. The second kappa shape index (κ2) is 4.33. The number of benzene rings is 1. The Kier molecular flexibility index (Phi) is 2.87. The Morgan fingerprint density at radius 1 is 1.35 bits per heavy atom. The number of carbonyl (C=O) groups is 1. The second-order valence-electron chi connectivity index (χ2n) is 3.69. The molecule has 0 spiro atoms. The number of hydrogen-bond donors (Lipinski definition) is 1. The molecule has 0 saturated heterocycles. The van der Waals surface area contributed by atoms with Crippen LogP contribution in [0.1, 0.15) is 15.9 Å². The molecule has 17 heavy (non-hydrogen) atoms. The van der Waals surface area contributed by atoms with Crippen molar-refractivity contribution in [2.45, 2.75) is 6.92 Å². The summed E-state index contributed by atoms with van der Waals surface area (Å²) in [7, 11) is 0. The van der Waals surface area contributed by atoms with Crippen molar-refractivity contribution in [2.75, 3.05) is 0 Å². The first-order valence-corrected chi connectivity index (χ1v) is 5.03. The van der Waals surface area contributed by atoms with Gasteiger partial charge in [-0.1, -0.05) is 6.07 Å². The van der Waals surface area contributed by atoms with E-state index in [9.17, 15) is 9.18 Å². The van der Waals surface area contributed by atoms with E-state index >= 15 is 0 Å². The van der Waals surface area contributed by atoms with Gasteiger partial charge in [-0.15, -0.1) is 0 Å². The van der Waals surface area contributed by atoms with Gasteiger partial charge >= 0.3 is 5.97 Å². The van der Waals surface area contributed by atoms with Crippen molar-refractivity contribution in [3.05, 3.63) is 53.6 Å². The lowest BCUT2D eigenvalue weighted by atomic mass is 10.00. The molecule has 0 saturated carbocycles. The SMILES string of the molecule is Cc1cc(-c2ccncc2C(=O)O)ccc1F. The molecule has 0 bridgehead atoms. The summed E-state index contributed by atoms with van der Waals surface area (Å²) in [6.45, 7) is 1.64. The largest absolute Gasteiger partial charge is 0.478 e. The fourth-order valence-corrected chi connectivity index (χ4v) is 1.63. The smallest absolute Gasteiger partial charge is 0.337 e. The number of carboxylic acid groups (broad SMARTS) is 1. The Hall–Kier alpha value is -2.23. The van der Waals surface area contributed by atoms with Crippen LogP contribution in [0, 0.1) is 12.7 Å². The summed E-state index contributed by atoms with van der Waals surface area (Å²) < 4.78 is 13.1. The van der Waals surface area contributed by atoms with Gasteiger partial charge in [-0.05, 0) is 41.8 Å². The van der Waals surface area contributed by atoms with Crippen LogP contribution in [0.5, 0.6) is 0 Å². The van der Waals surface area contributed by atoms with Gasteiger partial charge in [0.2, 0.25) is 0 Å². The van der Waals surface area contributed by atoms with Crippen LogP contribution in [0.15, 0.2) is 36.7 Å². The lowest BCUT2D eigenvalue weighted by Crippen LogP contribution is -2.00. The molecule has 4 heteroatoms. The number of hydrogen-bond acceptors (Lipinski definition) is 2. The zero-order chi connectivity index (χ0) is 12.4. The first-order valence-electron chi connectivity index (χ1n) is 5.03. The van der Waals surface area contributed by atoms with Crippen molar-refractivity contribution < 1.29 is 14.3 Å². The van der Waals surface area contributed by atoms with E-state index in [-0.39, 0.29) is 11.4 Å². The van der Waals surface area contributed by atoms with Gasteiger partial charge in [0.15, 0.2) is 0 Å². The van der Waals surface area contributed by atoms with Crippen LogP contribution >= 0.6 is 0 Å².